The van der Waals surface area contributed by atoms with Gasteiger partial charge in [-0.15, -0.1) is 0 Å². The molecule has 6 nitrogen and oxygen atoms in total. The molecule has 3 heterocycles. The van der Waals surface area contributed by atoms with Gasteiger partial charge >= 0.3 is 11.6 Å². The van der Waals surface area contributed by atoms with E-state index in [9.17, 15) is 22.5 Å². The van der Waals surface area contributed by atoms with Crippen LogP contribution in [-0.2, 0) is 9.30 Å². The molecule has 0 aromatic carbocycles. The van der Waals surface area contributed by atoms with Gasteiger partial charge in [-0.25, -0.2) is 14.7 Å². The highest BCUT2D eigenvalue weighted by atomic mass is 79.9. The number of carbonyl (C=O) groups excluding carboxylic acids is 1. The lowest BCUT2D eigenvalue weighted by Gasteiger charge is -2.25. The molecule has 12 heteroatoms. The van der Waals surface area contributed by atoms with E-state index < -0.39 is 24.3 Å². The zero-order chi connectivity index (χ0) is 26.9. The molecule has 0 saturated carbocycles. The molecule has 3 aromatic rings. The summed E-state index contributed by atoms with van der Waals surface area (Å²) in [7, 11) is -2.55. The molecule has 3 aromatic heterocycles. The van der Waals surface area contributed by atoms with E-state index >= 15 is 0 Å². The maximum Gasteiger partial charge on any atom is 0.447 e. The van der Waals surface area contributed by atoms with Crippen LogP contribution in [0.25, 0.3) is 5.52 Å². The quantitative estimate of drug-likeness (QED) is 0.188. The number of ether oxygens (including phenoxy) is 1. The van der Waals surface area contributed by atoms with Crippen LogP contribution in [0.15, 0.2) is 52.2 Å². The summed E-state index contributed by atoms with van der Waals surface area (Å²) in [6, 6.07) is 8.05. The average Bonchev–Trinajstić information content (AvgIpc) is 3.06. The topological polar surface area (TPSA) is 63.9 Å². The van der Waals surface area contributed by atoms with Crippen LogP contribution in [0.3, 0.4) is 0 Å². The molecule has 0 unspecified atom stereocenters. The Bertz CT molecular complexity index is 1380. The Morgan fingerprint density at radius 1 is 1.25 bits per heavy atom. The number of thioether (sulfide) groups is 1. The number of hydrogen-bond acceptors (Lipinski definition) is 5. The van der Waals surface area contributed by atoms with Crippen molar-refractivity contribution in [2.24, 2.45) is 0 Å². The van der Waals surface area contributed by atoms with Crippen LogP contribution < -0.4 is 10.2 Å². The Hall–Kier alpha value is -2.41. The van der Waals surface area contributed by atoms with Gasteiger partial charge in [-0.3, -0.25) is 0 Å². The fourth-order valence-corrected chi connectivity index (χ4v) is 4.99. The van der Waals surface area contributed by atoms with Crippen molar-refractivity contribution in [3.05, 3.63) is 52.8 Å². The molecule has 192 valence electrons. The summed E-state index contributed by atoms with van der Waals surface area (Å²) in [6.45, 7) is 8.15. The van der Waals surface area contributed by atoms with Crippen molar-refractivity contribution in [2.45, 2.75) is 36.9 Å². The van der Waals surface area contributed by atoms with Crippen LogP contribution in [0.4, 0.5) is 23.8 Å². The normalized spacial score (nSPS) is 12.2. The van der Waals surface area contributed by atoms with Crippen molar-refractivity contribution in [3.63, 3.8) is 0 Å². The van der Waals surface area contributed by atoms with E-state index in [4.69, 9.17) is 4.74 Å². The molecule has 0 aliphatic heterocycles. The van der Waals surface area contributed by atoms with Gasteiger partial charge in [-0.1, -0.05) is 11.8 Å². The highest BCUT2D eigenvalue weighted by Crippen LogP contribution is 2.40. The van der Waals surface area contributed by atoms with E-state index in [2.05, 4.69) is 32.8 Å². The summed E-state index contributed by atoms with van der Waals surface area (Å²) in [6.07, 6.45) is 2.23. The molecule has 0 aliphatic carbocycles. The van der Waals surface area contributed by atoms with Crippen LogP contribution in [0.1, 0.15) is 26.3 Å². The minimum Gasteiger partial charge on any atom is -0.443 e. The molecular weight excluding hydrogens is 578 g/mol. The molecular formula is C24H24BrF3N3O3PS. The monoisotopic (exact) mass is 601 g/mol. The van der Waals surface area contributed by atoms with Crippen molar-refractivity contribution < 1.29 is 27.3 Å². The van der Waals surface area contributed by atoms with Gasteiger partial charge in [0.25, 0.3) is 0 Å². The third-order valence-corrected chi connectivity index (χ3v) is 7.65. The molecule has 1 amide bonds. The number of anilines is 1. The van der Waals surface area contributed by atoms with Gasteiger partial charge in [0.15, 0.2) is 0 Å². The molecule has 0 spiro atoms. The first-order chi connectivity index (χ1) is 16.5. The standard InChI is InChI=1S/C24H24BrF3N3O3PS/c1-23(2,3)34-22(32)31(20-11-10-17(15-29-20)35(4,5)33)13-6-8-16-14-19-18(25)9-7-12-30(19)21(16)36-24(26,27)28/h7,9-12,14-15H,13H2,1-5H3. The number of fused-ring (bicyclic) bond motifs is 1. The van der Waals surface area contributed by atoms with E-state index in [0.717, 1.165) is 0 Å². The number of aromatic nitrogens is 2. The number of amides is 1. The fraction of sp³-hybridized carbons (Fsp3) is 0.333. The lowest BCUT2D eigenvalue weighted by atomic mass is 10.2. The van der Waals surface area contributed by atoms with Crippen LogP contribution in [0.2, 0.25) is 0 Å². The smallest absolute Gasteiger partial charge is 0.443 e. The Morgan fingerprint density at radius 3 is 2.50 bits per heavy atom. The summed E-state index contributed by atoms with van der Waals surface area (Å²) in [5.74, 6) is 5.77. The van der Waals surface area contributed by atoms with Gasteiger partial charge < -0.3 is 13.7 Å². The van der Waals surface area contributed by atoms with Crippen molar-refractivity contribution >= 4 is 57.6 Å². The van der Waals surface area contributed by atoms with Crippen LogP contribution in [-0.4, -0.2) is 46.5 Å². The summed E-state index contributed by atoms with van der Waals surface area (Å²) >= 11 is 3.10. The number of hydrogen-bond donors (Lipinski definition) is 0. The number of rotatable bonds is 4. The van der Waals surface area contributed by atoms with Crippen molar-refractivity contribution in [3.8, 4) is 11.8 Å². The molecule has 0 N–H and O–H groups in total. The maximum absolute atomic E-state index is 13.3. The molecule has 0 atom stereocenters. The van der Waals surface area contributed by atoms with E-state index in [-0.39, 0.29) is 34.7 Å². The van der Waals surface area contributed by atoms with Gasteiger partial charge in [-0.05, 0) is 80.4 Å². The number of pyridine rings is 2. The Morgan fingerprint density at radius 2 is 1.94 bits per heavy atom. The van der Waals surface area contributed by atoms with Gasteiger partial charge in [0.05, 0.1) is 17.6 Å². The van der Waals surface area contributed by atoms with Gasteiger partial charge in [-0.2, -0.15) is 13.2 Å². The maximum atomic E-state index is 13.3. The number of alkyl halides is 3. The second kappa shape index (κ2) is 10.5. The SMILES string of the molecule is CC(C)(C)OC(=O)N(CC#Cc1cc2c(Br)cccn2c1SC(F)(F)F)c1ccc(P(C)(C)=O)cn1. The number of nitrogens with zero attached hydrogens (tertiary/aromatic N) is 3. The van der Waals surface area contributed by atoms with E-state index in [1.165, 1.54) is 27.8 Å². The van der Waals surface area contributed by atoms with Crippen LogP contribution >= 0.6 is 34.8 Å². The summed E-state index contributed by atoms with van der Waals surface area (Å²) in [4.78, 5) is 18.3. The van der Waals surface area contributed by atoms with Gasteiger partial charge in [0.2, 0.25) is 0 Å². The predicted octanol–water partition coefficient (Wildman–Crippen LogP) is 6.75. The van der Waals surface area contributed by atoms with E-state index in [0.29, 0.717) is 15.3 Å². The van der Waals surface area contributed by atoms with Crippen molar-refractivity contribution in [1.29, 1.82) is 0 Å². The minimum atomic E-state index is -4.51. The predicted molar refractivity (Wildman–Crippen MR) is 141 cm³/mol. The molecule has 0 fully saturated rings. The minimum absolute atomic E-state index is 0.0840. The first kappa shape index (κ1) is 28.2. The third kappa shape index (κ3) is 7.31. The zero-order valence-electron chi connectivity index (χ0n) is 20.2. The molecule has 0 saturated heterocycles. The first-order valence-corrected chi connectivity index (χ1v) is 14.8. The van der Waals surface area contributed by atoms with E-state index in [1.54, 1.807) is 58.4 Å². The van der Waals surface area contributed by atoms with E-state index in [1.807, 2.05) is 0 Å². The second-order valence-electron chi connectivity index (χ2n) is 9.12. The fourth-order valence-electron chi connectivity index (χ4n) is 3.07. The molecule has 3 rings (SSSR count). The van der Waals surface area contributed by atoms with Gasteiger partial charge in [0, 0.05) is 33.9 Å². The number of carbonyl (C=O) groups is 1. The zero-order valence-corrected chi connectivity index (χ0v) is 23.5. The molecule has 36 heavy (non-hydrogen) atoms. The third-order valence-electron chi connectivity index (χ3n) is 4.63. The summed E-state index contributed by atoms with van der Waals surface area (Å²) in [5, 5.41) is 0.459. The average molecular weight is 602 g/mol. The van der Waals surface area contributed by atoms with Crippen LogP contribution in [0.5, 0.6) is 0 Å². The van der Waals surface area contributed by atoms with Gasteiger partial charge in [0.1, 0.15) is 23.6 Å². The molecule has 0 aliphatic rings. The lowest BCUT2D eigenvalue weighted by Crippen LogP contribution is -2.37. The Kier molecular flexibility index (Phi) is 8.23. The summed E-state index contributed by atoms with van der Waals surface area (Å²) in [5.41, 5.74) is -4.62. The Balaban J connectivity index is 2.00. The summed E-state index contributed by atoms with van der Waals surface area (Å²) < 4.78 is 59.6. The second-order valence-corrected chi connectivity index (χ2v) is 14.2. The van der Waals surface area contributed by atoms with Crippen molar-refractivity contribution in [2.75, 3.05) is 24.8 Å². The largest absolute Gasteiger partial charge is 0.447 e. The van der Waals surface area contributed by atoms with Crippen molar-refractivity contribution in [1.82, 2.24) is 9.38 Å². The Labute approximate surface area is 220 Å². The molecule has 0 bridgehead atoms. The van der Waals surface area contributed by atoms with Crippen LogP contribution in [0, 0.1) is 11.8 Å². The highest BCUT2D eigenvalue weighted by Gasteiger charge is 2.32. The highest BCUT2D eigenvalue weighted by molar-refractivity contribution is 9.10. The molecule has 0 radical (unpaired) electrons. The first-order valence-electron chi connectivity index (χ1n) is 10.6. The lowest BCUT2D eigenvalue weighted by molar-refractivity contribution is -0.0330. The number of halogens is 4.